The highest BCUT2D eigenvalue weighted by Gasteiger charge is 0.588. The Kier molecular flexibility index (Phi) is 7570. The molecule has 19 valence electrons. The first-order chi connectivity index (χ1) is 1.00. The van der Waals surface area contributed by atoms with Gasteiger partial charge in [0.2, 0.25) is 0 Å². The number of hydrogen-bond donors (Lipinski definition) is 1. The van der Waals surface area contributed by atoms with E-state index in [9.17, 15) is 0 Å². The van der Waals surface area contributed by atoms with Gasteiger partial charge in [-0.15, -0.1) is 0 Å². The van der Waals surface area contributed by atoms with E-state index < -0.39 is 0 Å². The maximum Gasteiger partial charge on any atom is 0 e. The van der Waals surface area contributed by atoms with E-state index in [2.05, 4.69) is 5.59 Å². The molecule has 0 aromatic rings. The zero-order valence-electron chi connectivity index (χ0n) is 1.99. The highest BCUT2D eigenvalue weighted by atomic mass is 28.1. The molecule has 0 saturated heterocycles. The van der Waals surface area contributed by atoms with Crippen LogP contribution >= 0.6 is 0 Å². The van der Waals surface area contributed by atoms with Gasteiger partial charge in [-0.3, -0.25) is 0 Å². The number of nitroso groups, excluding NO2 is 1. The van der Waals surface area contributed by atoms with Crippen LogP contribution in [0.3, 0.4) is 0 Å². The second kappa shape index (κ2) is 731. The van der Waals surface area contributed by atoms with Crippen molar-refractivity contribution in [3.8, 4) is 0 Å². The Hall–Kier alpha value is -0.118. The summed E-state index contributed by atoms with van der Waals surface area (Å²) < 4.78 is 0. The lowest BCUT2D eigenvalue weighted by atomic mass is 10.8. The minimum atomic E-state index is 0. The van der Waals surface area contributed by atoms with Crippen LogP contribution in [0.15, 0.2) is 0 Å². The summed E-state index contributed by atoms with van der Waals surface area (Å²) in [6.45, 7) is 0. The van der Waals surface area contributed by atoms with Crippen molar-refractivity contribution in [2.24, 2.45) is 0 Å². The lowest BCUT2D eigenvalue weighted by Gasteiger charge is -0.827. The van der Waals surface area contributed by atoms with E-state index in [1.54, 1.807) is 0 Å². The first-order valence-electron chi connectivity index (χ1n) is 0.204. The van der Waals surface area contributed by atoms with Gasteiger partial charge in [0.15, 0.2) is 0 Å². The molecule has 0 bridgehead atoms. The maximum absolute atomic E-state index is 7.50. The van der Waals surface area contributed by atoms with Crippen LogP contribution in [0.2, 0.25) is 0 Å². The van der Waals surface area contributed by atoms with Gasteiger partial charge < -0.3 is 0 Å². The molecule has 0 heterocycles. The van der Waals surface area contributed by atoms with Crippen LogP contribution in [0, 0.1) is 10.5 Å². The third-order valence-corrected chi connectivity index (χ3v) is 0. The Balaban J connectivity index is -0.00000000500. The molecule has 0 spiro atoms. The summed E-state index contributed by atoms with van der Waals surface area (Å²) in [5.41, 5.74) is 4.50. The molecule has 4 heavy (non-hydrogen) atoms. The molecule has 0 aliphatic heterocycles. The van der Waals surface area contributed by atoms with Crippen LogP contribution in [0.5, 0.6) is 0 Å². The Morgan fingerprint density at radius 2 is 1.25 bits per heavy atom. The van der Waals surface area contributed by atoms with Crippen molar-refractivity contribution >= 4 is 19.4 Å². The van der Waals surface area contributed by atoms with Crippen molar-refractivity contribution < 1.29 is 0 Å². The molecule has 0 saturated carbocycles. The largest absolute Gasteiger partial charge is 0.154 e. The molecule has 7 radical (unpaired) electrons. The van der Waals surface area contributed by atoms with Gasteiger partial charge >= 0.3 is 0 Å². The summed E-state index contributed by atoms with van der Waals surface area (Å²) in [6, 6.07) is 0. The third-order valence-electron chi connectivity index (χ3n) is 0. The number of nitrogens with one attached hydrogen (secondary N) is 1. The Labute approximate surface area is 31.0 Å². The Morgan fingerprint density at radius 3 is 1.25 bits per heavy atom. The normalized spacial score (nSPS) is 1.00. The van der Waals surface area contributed by atoms with Gasteiger partial charge in [-0.05, 0) is 0 Å². The highest BCUT2D eigenvalue weighted by Crippen LogP contribution is 0.766. The van der Waals surface area contributed by atoms with Gasteiger partial charge in [0.05, 0.1) is 0 Å². The lowest BCUT2D eigenvalue weighted by Crippen LogP contribution is -0.649. The average Bonchev–Trinajstić information content (AvgIpc) is 1.00. The number of rotatable bonds is 0. The van der Waals surface area contributed by atoms with Gasteiger partial charge in [-0.1, -0.05) is 5.59 Å². The second-order valence-electron chi connectivity index (χ2n) is 0. The fourth-order valence-electron chi connectivity index (χ4n) is 0. The van der Waals surface area contributed by atoms with E-state index in [4.69, 9.17) is 4.91 Å². The first kappa shape index (κ1) is 41.5. The average molecular weight is 69.9 g/mol. The molecule has 0 fully saturated rings. The van der Waals surface area contributed by atoms with Gasteiger partial charge in [-0.2, -0.15) is 4.91 Å². The molecule has 0 unspecified atom stereocenters. The highest BCUT2D eigenvalue weighted by molar-refractivity contribution is 5.76. The molecular formula is HBNOSi. The zero-order chi connectivity index (χ0) is 2.00. The predicted molar refractivity (Wildman–Crippen MR) is 17.6 cm³/mol. The van der Waals surface area contributed by atoms with Gasteiger partial charge in [-0.25, -0.2) is 0 Å². The second-order valence-corrected chi connectivity index (χ2v) is 0. The topological polar surface area (TPSA) is 40.9 Å². The summed E-state index contributed by atoms with van der Waals surface area (Å²) in [4.78, 5) is 7.50. The molecule has 0 aromatic carbocycles. The van der Waals surface area contributed by atoms with Gasteiger partial charge in [0.1, 0.15) is 0 Å². The van der Waals surface area contributed by atoms with Crippen molar-refractivity contribution in [2.45, 2.75) is 0 Å². The molecule has 0 aliphatic carbocycles. The van der Waals surface area contributed by atoms with Crippen molar-refractivity contribution in [3.63, 3.8) is 0 Å². The van der Waals surface area contributed by atoms with Crippen LogP contribution in [0.1, 0.15) is 0 Å². The monoisotopic (exact) mass is 70.0 g/mol. The predicted octanol–water partition coefficient (Wildman–Crippen LogP) is -0.430. The molecule has 0 amide bonds. The van der Waals surface area contributed by atoms with Crippen LogP contribution < -0.4 is 0 Å². The van der Waals surface area contributed by atoms with Crippen LogP contribution in [-0.4, -0.2) is 19.4 Å². The van der Waals surface area contributed by atoms with Crippen LogP contribution in [0.25, 0.3) is 0 Å². The Morgan fingerprint density at radius 1 is 1.25 bits per heavy atom. The summed E-state index contributed by atoms with van der Waals surface area (Å²) in [6.07, 6.45) is 0. The summed E-state index contributed by atoms with van der Waals surface area (Å²) >= 11 is 0. The summed E-state index contributed by atoms with van der Waals surface area (Å²) in [5, 5.41) is 0. The van der Waals surface area contributed by atoms with E-state index in [-0.39, 0.29) is 19.4 Å². The molecule has 0 aliphatic rings. The van der Waals surface area contributed by atoms with Gasteiger partial charge in [0, 0.05) is 19.4 Å². The maximum atomic E-state index is 7.50. The third kappa shape index (κ3) is 105. The summed E-state index contributed by atoms with van der Waals surface area (Å²) in [5.74, 6) is 0. The fraction of sp³-hybridized carbons (Fsp3) is 0. The van der Waals surface area contributed by atoms with E-state index >= 15 is 0 Å². The zero-order valence-corrected chi connectivity index (χ0v) is 2.99. The first-order valence-corrected chi connectivity index (χ1v) is 0.204. The fourth-order valence-corrected chi connectivity index (χ4v) is 0. The summed E-state index contributed by atoms with van der Waals surface area (Å²) in [7, 11) is 0. The van der Waals surface area contributed by atoms with E-state index in [1.807, 2.05) is 0 Å². The molecule has 0 atom stereocenters. The molecule has 2 nitrogen and oxygen atoms in total. The van der Waals surface area contributed by atoms with Crippen LogP contribution in [0.4, 0.5) is 0 Å². The lowest BCUT2D eigenvalue weighted by molar-refractivity contribution is 1.49. The molecule has 1 N–H and O–H groups in total. The van der Waals surface area contributed by atoms with Crippen LogP contribution in [-0.2, 0) is 0 Å². The van der Waals surface area contributed by atoms with E-state index in [1.165, 1.54) is 0 Å². The van der Waals surface area contributed by atoms with E-state index in [0.29, 0.717) is 0 Å². The quantitative estimate of drug-likeness (QED) is 0.305. The van der Waals surface area contributed by atoms with Gasteiger partial charge in [0.25, 0.3) is 0 Å². The Bertz CT molecular complexity index is 8.00. The molecule has 0 rings (SSSR count). The van der Waals surface area contributed by atoms with Crippen molar-refractivity contribution in [1.82, 2.24) is 0 Å². The van der Waals surface area contributed by atoms with E-state index in [0.717, 1.165) is 0 Å². The smallest absolute Gasteiger partial charge is 0 e. The minimum Gasteiger partial charge on any atom is -0.154 e. The number of hydrogen-bond acceptors (Lipinski definition) is 2. The van der Waals surface area contributed by atoms with Crippen molar-refractivity contribution in [3.05, 3.63) is 4.91 Å². The SMILES string of the molecule is N=O.[B].[Si]. The molecule has 0 aromatic heterocycles. The molecule has 4 heteroatoms. The van der Waals surface area contributed by atoms with Crippen molar-refractivity contribution in [2.75, 3.05) is 0 Å². The van der Waals surface area contributed by atoms with Crippen molar-refractivity contribution in [1.29, 1.82) is 5.59 Å². The molecular weight excluding hydrogens is 68.9 g/mol. The minimum absolute atomic E-state index is 0. The standard InChI is InChI=1S/B.HNO.Si/c;1-2;/h;1H;.